The lowest BCUT2D eigenvalue weighted by Crippen LogP contribution is -3.00. The van der Waals surface area contributed by atoms with Crippen LogP contribution in [0.2, 0.25) is 5.02 Å². The Balaban J connectivity index is 0.00000144. The maximum atomic E-state index is 5.97. The highest BCUT2D eigenvalue weighted by molar-refractivity contribution is 6.30. The summed E-state index contributed by atoms with van der Waals surface area (Å²) in [6.07, 6.45) is 3.53. The molecule has 0 amide bonds. The minimum Gasteiger partial charge on any atom is -1.00 e. The molecule has 2 aromatic carbocycles. The Labute approximate surface area is 143 Å². The molecule has 0 aliphatic carbocycles. The molecule has 0 fully saturated rings. The lowest BCUT2D eigenvalue weighted by molar-refractivity contribution is -0.580. The summed E-state index contributed by atoms with van der Waals surface area (Å²) >= 11 is 5.97. The number of pyridine rings is 1. The van der Waals surface area contributed by atoms with Crippen LogP contribution in [-0.2, 0) is 0 Å². The van der Waals surface area contributed by atoms with Crippen LogP contribution in [0.3, 0.4) is 0 Å². The molecule has 2 aromatic heterocycles. The summed E-state index contributed by atoms with van der Waals surface area (Å²) in [5.41, 5.74) is 2.92. The zero-order chi connectivity index (χ0) is 14.2. The van der Waals surface area contributed by atoms with Crippen LogP contribution < -0.4 is 21.5 Å². The van der Waals surface area contributed by atoms with Crippen LogP contribution in [0.1, 0.15) is 0 Å². The van der Waals surface area contributed by atoms with Crippen molar-refractivity contribution in [2.24, 2.45) is 0 Å². The fourth-order valence-electron chi connectivity index (χ4n) is 2.56. The lowest BCUT2D eigenvalue weighted by atomic mass is 10.1. The molecule has 0 N–H and O–H groups in total. The summed E-state index contributed by atoms with van der Waals surface area (Å²) in [5.74, 6) is 0. The van der Waals surface area contributed by atoms with E-state index >= 15 is 0 Å². The van der Waals surface area contributed by atoms with Gasteiger partial charge in [-0.25, -0.2) is 4.98 Å². The number of benzene rings is 2. The number of hydrogen-bond acceptors (Lipinski definition) is 2. The number of nitrogens with zero attached hydrogens (tertiary/aromatic N) is 3. The highest BCUT2D eigenvalue weighted by Crippen LogP contribution is 2.26. The van der Waals surface area contributed by atoms with E-state index < -0.39 is 0 Å². The molecule has 0 radical (unpaired) electrons. The van der Waals surface area contributed by atoms with Gasteiger partial charge in [0.1, 0.15) is 5.69 Å². The molecule has 0 atom stereocenters. The van der Waals surface area contributed by atoms with Gasteiger partial charge in [0.15, 0.2) is 6.33 Å². The van der Waals surface area contributed by atoms with E-state index in [4.69, 9.17) is 11.6 Å². The first-order chi connectivity index (χ1) is 10.3. The van der Waals surface area contributed by atoms with Crippen LogP contribution in [0.15, 0.2) is 67.1 Å². The molecule has 4 aromatic rings. The largest absolute Gasteiger partial charge is 1.00 e. The average molecular weight is 373 g/mol. The van der Waals surface area contributed by atoms with Gasteiger partial charge < -0.3 is 17.0 Å². The Hall–Kier alpha value is -2.04. The topological polar surface area (TPSA) is 29.9 Å². The maximum Gasteiger partial charge on any atom is 0.272 e. The number of halogens is 2. The van der Waals surface area contributed by atoms with Crippen LogP contribution in [-0.4, -0.2) is 10.1 Å². The van der Waals surface area contributed by atoms with E-state index in [-0.39, 0.29) is 17.0 Å². The Bertz CT molecular complexity index is 955. The minimum absolute atomic E-state index is 0. The first-order valence-corrected chi connectivity index (χ1v) is 7.01. The van der Waals surface area contributed by atoms with Gasteiger partial charge in [0.25, 0.3) is 5.52 Å². The second-order valence-electron chi connectivity index (χ2n) is 4.81. The summed E-state index contributed by atoms with van der Waals surface area (Å²) in [4.78, 5) is 4.48. The third-order valence-electron chi connectivity index (χ3n) is 3.55. The molecule has 0 saturated heterocycles. The second kappa shape index (κ2) is 5.99. The Morgan fingerprint density at radius 3 is 2.50 bits per heavy atom. The lowest BCUT2D eigenvalue weighted by Gasteiger charge is -2.03. The van der Waals surface area contributed by atoms with Crippen molar-refractivity contribution < 1.29 is 21.5 Å². The smallest absolute Gasteiger partial charge is 0.272 e. The van der Waals surface area contributed by atoms with E-state index in [1.807, 2.05) is 47.1 Å². The molecule has 0 bridgehead atoms. The summed E-state index contributed by atoms with van der Waals surface area (Å²) < 4.78 is 1.86. The molecule has 5 heteroatoms. The van der Waals surface area contributed by atoms with Crippen molar-refractivity contribution in [3.63, 3.8) is 0 Å². The summed E-state index contributed by atoms with van der Waals surface area (Å²) in [6.45, 7) is 0. The number of fused-ring (bicyclic) bond motifs is 3. The average Bonchev–Trinajstić information content (AvgIpc) is 2.55. The summed E-state index contributed by atoms with van der Waals surface area (Å²) in [5, 5.41) is 7.33. The predicted octanol–water partition coefficient (Wildman–Crippen LogP) is 0.693. The van der Waals surface area contributed by atoms with Crippen molar-refractivity contribution in [1.29, 1.82) is 0 Å². The van der Waals surface area contributed by atoms with Gasteiger partial charge in [-0.2, -0.15) is 0 Å². The molecule has 0 spiro atoms. The molecular weight excluding hydrogens is 362 g/mol. The molecular formula is C17H11BrClN3. The molecule has 0 saturated carbocycles. The maximum absolute atomic E-state index is 5.97. The van der Waals surface area contributed by atoms with Crippen LogP contribution in [0.5, 0.6) is 0 Å². The third-order valence-corrected chi connectivity index (χ3v) is 3.80. The number of hydrogen-bond donors (Lipinski definition) is 0. The minimum atomic E-state index is 0. The van der Waals surface area contributed by atoms with Gasteiger partial charge in [0.05, 0.1) is 5.39 Å². The van der Waals surface area contributed by atoms with Crippen molar-refractivity contribution in [3.05, 3.63) is 72.1 Å². The van der Waals surface area contributed by atoms with Crippen LogP contribution >= 0.6 is 11.6 Å². The van der Waals surface area contributed by atoms with Crippen molar-refractivity contribution in [3.8, 4) is 11.3 Å². The second-order valence-corrected chi connectivity index (χ2v) is 5.25. The van der Waals surface area contributed by atoms with Gasteiger partial charge in [-0.05, 0) is 28.1 Å². The zero-order valence-corrected chi connectivity index (χ0v) is 13.8. The molecule has 0 unspecified atom stereocenters. The normalized spacial score (nSPS) is 10.6. The fourth-order valence-corrected chi connectivity index (χ4v) is 2.68. The van der Waals surface area contributed by atoms with E-state index in [0.717, 1.165) is 27.2 Å². The van der Waals surface area contributed by atoms with Gasteiger partial charge in [0, 0.05) is 21.8 Å². The Morgan fingerprint density at radius 2 is 1.68 bits per heavy atom. The third kappa shape index (κ3) is 2.45. The molecule has 4 rings (SSSR count). The molecule has 0 aliphatic rings. The van der Waals surface area contributed by atoms with E-state index in [2.05, 4.69) is 28.3 Å². The van der Waals surface area contributed by atoms with Crippen LogP contribution in [0.4, 0.5) is 0 Å². The van der Waals surface area contributed by atoms with Crippen molar-refractivity contribution >= 4 is 27.9 Å². The molecule has 22 heavy (non-hydrogen) atoms. The summed E-state index contributed by atoms with van der Waals surface area (Å²) in [7, 11) is 0. The van der Waals surface area contributed by atoms with Crippen LogP contribution in [0, 0.1) is 0 Å². The summed E-state index contributed by atoms with van der Waals surface area (Å²) in [6, 6.07) is 18.0. The SMILES string of the molecule is Clc1ccc(-c2ncn[n+]3ccc4ccccc4c23)cc1.[Br-]. The Kier molecular flexibility index (Phi) is 4.05. The van der Waals surface area contributed by atoms with Crippen LogP contribution in [0.25, 0.3) is 27.5 Å². The van der Waals surface area contributed by atoms with Gasteiger partial charge in [0.2, 0.25) is 6.20 Å². The predicted molar refractivity (Wildman–Crippen MR) is 83.1 cm³/mol. The zero-order valence-electron chi connectivity index (χ0n) is 11.4. The van der Waals surface area contributed by atoms with Crippen molar-refractivity contribution in [2.45, 2.75) is 0 Å². The van der Waals surface area contributed by atoms with Gasteiger partial charge in [-0.3, -0.25) is 0 Å². The molecule has 0 aliphatic heterocycles. The number of aromatic nitrogens is 3. The molecule has 3 nitrogen and oxygen atoms in total. The number of rotatable bonds is 1. The van der Waals surface area contributed by atoms with Gasteiger partial charge in [-0.1, -0.05) is 41.9 Å². The van der Waals surface area contributed by atoms with Gasteiger partial charge >= 0.3 is 0 Å². The van der Waals surface area contributed by atoms with Crippen molar-refractivity contribution in [2.75, 3.05) is 0 Å². The standard InChI is InChI=1S/C17H11ClN3.BrH/c18-14-7-5-13(6-8-14)16-17-15-4-2-1-3-12(15)9-10-21(17)20-11-19-16;/h1-11H;1H/q+1;/p-1. The van der Waals surface area contributed by atoms with E-state index in [9.17, 15) is 0 Å². The van der Waals surface area contributed by atoms with Crippen molar-refractivity contribution in [1.82, 2.24) is 10.1 Å². The monoisotopic (exact) mass is 371 g/mol. The highest BCUT2D eigenvalue weighted by atomic mass is 79.9. The van der Waals surface area contributed by atoms with Gasteiger partial charge in [-0.15, -0.1) is 0 Å². The van der Waals surface area contributed by atoms with E-state index in [1.54, 1.807) is 6.33 Å². The van der Waals surface area contributed by atoms with E-state index in [0.29, 0.717) is 0 Å². The van der Waals surface area contributed by atoms with E-state index in [1.165, 1.54) is 5.39 Å². The fraction of sp³-hybridized carbons (Fsp3) is 0. The quantitative estimate of drug-likeness (QED) is 0.364. The molecule has 108 valence electrons. The molecule has 2 heterocycles. The Morgan fingerprint density at radius 1 is 0.909 bits per heavy atom. The first kappa shape index (κ1) is 14.9. The first-order valence-electron chi connectivity index (χ1n) is 6.63. The highest BCUT2D eigenvalue weighted by Gasteiger charge is 2.16.